The van der Waals surface area contributed by atoms with Crippen LogP contribution in [-0.4, -0.2) is 22.5 Å². The van der Waals surface area contributed by atoms with Crippen LogP contribution in [0.3, 0.4) is 0 Å². The number of halogens is 2. The van der Waals surface area contributed by atoms with E-state index in [9.17, 15) is 10.2 Å². The Morgan fingerprint density at radius 2 is 1.30 bits per heavy atom. The number of aliphatic imine (C=N–C) groups is 1. The van der Waals surface area contributed by atoms with Crippen molar-refractivity contribution in [3.8, 4) is 5.75 Å². The van der Waals surface area contributed by atoms with Crippen LogP contribution >= 0.6 is 45.2 Å². The molecule has 1 atom stereocenters. The fourth-order valence-electron chi connectivity index (χ4n) is 3.94. The number of nitrogens with zero attached hydrogens (tertiary/aromatic N) is 1. The second-order valence-electron chi connectivity index (χ2n) is 7.81. The van der Waals surface area contributed by atoms with E-state index >= 15 is 0 Å². The summed E-state index contributed by atoms with van der Waals surface area (Å²) < 4.78 is 1.78. The van der Waals surface area contributed by atoms with Gasteiger partial charge in [0, 0.05) is 15.3 Å². The van der Waals surface area contributed by atoms with E-state index < -0.39 is 11.6 Å². The molecule has 3 nitrogen and oxygen atoms in total. The molecule has 0 heterocycles. The average Bonchev–Trinajstić information content (AvgIpc) is 2.85. The number of phenolic OH excluding ortho intramolecular Hbond substituents is 1. The fraction of sp³-hybridized carbons (Fsp3) is 0.107. The number of aliphatic hydroxyl groups is 1. The highest BCUT2D eigenvalue weighted by molar-refractivity contribution is 14.1. The predicted octanol–water partition coefficient (Wildman–Crippen LogP) is 6.57. The van der Waals surface area contributed by atoms with Crippen LogP contribution in [0, 0.1) is 7.14 Å². The Labute approximate surface area is 221 Å². The molecule has 33 heavy (non-hydrogen) atoms. The van der Waals surface area contributed by atoms with Gasteiger partial charge in [0.15, 0.2) is 0 Å². The molecule has 0 amide bonds. The molecule has 0 aromatic heterocycles. The zero-order valence-corrected chi connectivity index (χ0v) is 22.1. The minimum atomic E-state index is -1.36. The van der Waals surface area contributed by atoms with Crippen LogP contribution in [0.5, 0.6) is 5.75 Å². The van der Waals surface area contributed by atoms with Gasteiger partial charge in [0.1, 0.15) is 11.4 Å². The Bertz CT molecular complexity index is 1190. The zero-order valence-electron chi connectivity index (χ0n) is 17.8. The van der Waals surface area contributed by atoms with E-state index in [0.717, 1.165) is 23.8 Å². The van der Waals surface area contributed by atoms with Gasteiger partial charge in [0.05, 0.1) is 9.61 Å². The molecule has 0 bridgehead atoms. The van der Waals surface area contributed by atoms with Crippen LogP contribution in [-0.2, 0) is 12.0 Å². The van der Waals surface area contributed by atoms with Gasteiger partial charge in [-0.3, -0.25) is 4.99 Å². The molecular formula is C28H23I2NO2. The largest absolute Gasteiger partial charge is 0.506 e. The van der Waals surface area contributed by atoms with Crippen LogP contribution in [0.25, 0.3) is 0 Å². The lowest BCUT2D eigenvalue weighted by molar-refractivity contribution is 0.0528. The normalized spacial score (nSPS) is 12.7. The molecule has 0 saturated carbocycles. The van der Waals surface area contributed by atoms with Crippen molar-refractivity contribution < 1.29 is 10.2 Å². The Balaban J connectivity index is 1.87. The standard InChI is InChI=1S/C28H23I2NO2/c29-24-17-21(27(32)25(30)18-24)19-31-26(16-20-10-4-1-5-11-20)28(33,22-12-6-2-7-13-22)23-14-8-3-9-15-23/h1-15,17-19,26,32-33H,16H2/t26-/m0/s1. The van der Waals surface area contributed by atoms with Gasteiger partial charge in [0.25, 0.3) is 0 Å². The highest BCUT2D eigenvalue weighted by Crippen LogP contribution is 2.37. The Morgan fingerprint density at radius 1 is 0.788 bits per heavy atom. The number of phenols is 1. The molecule has 4 rings (SSSR count). The molecule has 0 aliphatic rings. The van der Waals surface area contributed by atoms with E-state index in [2.05, 4.69) is 45.2 Å². The molecule has 4 aromatic rings. The quantitative estimate of drug-likeness (QED) is 0.174. The van der Waals surface area contributed by atoms with Gasteiger partial charge in [-0.1, -0.05) is 91.0 Å². The molecule has 0 radical (unpaired) electrons. The van der Waals surface area contributed by atoms with Crippen molar-refractivity contribution in [1.29, 1.82) is 0 Å². The highest BCUT2D eigenvalue weighted by Gasteiger charge is 2.40. The van der Waals surface area contributed by atoms with Crippen molar-refractivity contribution in [2.75, 3.05) is 0 Å². The Kier molecular flexibility index (Phi) is 7.82. The molecule has 4 aromatic carbocycles. The lowest BCUT2D eigenvalue weighted by Crippen LogP contribution is -2.41. The Morgan fingerprint density at radius 3 is 1.85 bits per heavy atom. The van der Waals surface area contributed by atoms with Crippen molar-refractivity contribution in [1.82, 2.24) is 0 Å². The first-order valence-electron chi connectivity index (χ1n) is 10.6. The average molecular weight is 659 g/mol. The summed E-state index contributed by atoms with van der Waals surface area (Å²) in [5.74, 6) is 0.196. The molecule has 5 heteroatoms. The molecule has 0 spiro atoms. The van der Waals surface area contributed by atoms with E-state index in [0.29, 0.717) is 12.0 Å². The molecular weight excluding hydrogens is 636 g/mol. The molecule has 0 unspecified atom stereocenters. The third kappa shape index (κ3) is 5.47. The molecule has 2 N–H and O–H groups in total. The van der Waals surface area contributed by atoms with Crippen LogP contribution in [0.1, 0.15) is 22.3 Å². The van der Waals surface area contributed by atoms with Gasteiger partial charge < -0.3 is 10.2 Å². The zero-order chi connectivity index (χ0) is 23.3. The molecule has 0 aliphatic heterocycles. The summed E-state index contributed by atoms with van der Waals surface area (Å²) >= 11 is 4.35. The SMILES string of the molecule is Oc1c(I)cc(I)cc1C=N[C@@H](Cc1ccccc1)C(O)(c1ccccc1)c1ccccc1. The summed E-state index contributed by atoms with van der Waals surface area (Å²) in [6, 6.07) is 32.7. The number of hydrogen-bond donors (Lipinski definition) is 2. The third-order valence-electron chi connectivity index (χ3n) is 5.63. The maximum Gasteiger partial charge on any atom is 0.137 e. The van der Waals surface area contributed by atoms with Gasteiger partial charge in [-0.2, -0.15) is 0 Å². The van der Waals surface area contributed by atoms with Gasteiger partial charge in [-0.15, -0.1) is 0 Å². The fourth-order valence-corrected chi connectivity index (χ4v) is 5.83. The number of rotatable bonds is 7. The van der Waals surface area contributed by atoms with E-state index in [1.807, 2.05) is 103 Å². The first-order chi connectivity index (χ1) is 16.0. The minimum Gasteiger partial charge on any atom is -0.506 e. The van der Waals surface area contributed by atoms with Crippen molar-refractivity contribution in [3.63, 3.8) is 0 Å². The van der Waals surface area contributed by atoms with Gasteiger partial charge in [-0.05, 0) is 80.4 Å². The minimum absolute atomic E-state index is 0.196. The van der Waals surface area contributed by atoms with Crippen molar-refractivity contribution in [2.24, 2.45) is 4.99 Å². The van der Waals surface area contributed by atoms with E-state index in [-0.39, 0.29) is 5.75 Å². The second kappa shape index (κ2) is 10.8. The molecule has 0 fully saturated rings. The summed E-state index contributed by atoms with van der Waals surface area (Å²) in [6.45, 7) is 0. The van der Waals surface area contributed by atoms with Crippen LogP contribution < -0.4 is 0 Å². The highest BCUT2D eigenvalue weighted by atomic mass is 127. The summed E-state index contributed by atoms with van der Waals surface area (Å²) in [6.07, 6.45) is 2.21. The van der Waals surface area contributed by atoms with Crippen LogP contribution in [0.4, 0.5) is 0 Å². The van der Waals surface area contributed by atoms with Crippen molar-refractivity contribution in [3.05, 3.63) is 133 Å². The molecule has 0 saturated heterocycles. The van der Waals surface area contributed by atoms with Gasteiger partial charge in [0.2, 0.25) is 0 Å². The lowest BCUT2D eigenvalue weighted by Gasteiger charge is -2.35. The number of benzene rings is 4. The summed E-state index contributed by atoms with van der Waals surface area (Å²) in [5, 5.41) is 22.9. The topological polar surface area (TPSA) is 52.8 Å². The summed E-state index contributed by atoms with van der Waals surface area (Å²) in [7, 11) is 0. The van der Waals surface area contributed by atoms with Crippen LogP contribution in [0.15, 0.2) is 108 Å². The maximum atomic E-state index is 12.4. The lowest BCUT2D eigenvalue weighted by atomic mass is 9.78. The van der Waals surface area contributed by atoms with Crippen molar-refractivity contribution in [2.45, 2.75) is 18.1 Å². The third-order valence-corrected chi connectivity index (χ3v) is 7.08. The first-order valence-corrected chi connectivity index (χ1v) is 12.7. The number of aromatic hydroxyl groups is 1. The predicted molar refractivity (Wildman–Crippen MR) is 151 cm³/mol. The van der Waals surface area contributed by atoms with Crippen molar-refractivity contribution >= 4 is 51.4 Å². The molecule has 166 valence electrons. The Hall–Kier alpha value is -2.23. The van der Waals surface area contributed by atoms with E-state index in [1.165, 1.54) is 0 Å². The summed E-state index contributed by atoms with van der Waals surface area (Å²) in [5.41, 5.74) is 1.89. The van der Waals surface area contributed by atoms with Gasteiger partial charge in [-0.25, -0.2) is 0 Å². The second-order valence-corrected chi connectivity index (χ2v) is 10.2. The smallest absolute Gasteiger partial charge is 0.137 e. The first kappa shape index (κ1) is 23.9. The monoisotopic (exact) mass is 659 g/mol. The molecule has 0 aliphatic carbocycles. The van der Waals surface area contributed by atoms with Crippen LogP contribution in [0.2, 0.25) is 0 Å². The van der Waals surface area contributed by atoms with E-state index in [1.54, 1.807) is 6.21 Å². The van der Waals surface area contributed by atoms with Gasteiger partial charge >= 0.3 is 0 Å². The summed E-state index contributed by atoms with van der Waals surface area (Å²) in [4.78, 5) is 4.92. The van der Waals surface area contributed by atoms with E-state index in [4.69, 9.17) is 4.99 Å². The maximum absolute atomic E-state index is 12.4. The number of hydrogen-bond acceptors (Lipinski definition) is 3.